The van der Waals surface area contributed by atoms with E-state index in [-0.39, 0.29) is 5.82 Å². The van der Waals surface area contributed by atoms with Gasteiger partial charge in [-0.3, -0.25) is 0 Å². The Morgan fingerprint density at radius 1 is 1.42 bits per heavy atom. The highest BCUT2D eigenvalue weighted by Crippen LogP contribution is 2.08. The van der Waals surface area contributed by atoms with Gasteiger partial charge in [0.05, 0.1) is 0 Å². The van der Waals surface area contributed by atoms with Crippen molar-refractivity contribution < 1.29 is 4.39 Å². The molecule has 0 amide bonds. The van der Waals surface area contributed by atoms with E-state index in [0.717, 1.165) is 24.4 Å². The lowest BCUT2D eigenvalue weighted by atomic mass is 10.3. The van der Waals surface area contributed by atoms with Gasteiger partial charge in [0.2, 0.25) is 0 Å². The number of benzene rings is 1. The van der Waals surface area contributed by atoms with Gasteiger partial charge in [0.15, 0.2) is 0 Å². The molecule has 0 saturated heterocycles. The first kappa shape index (κ1) is 9.39. The van der Waals surface area contributed by atoms with Crippen molar-refractivity contribution in [2.75, 3.05) is 17.6 Å². The summed E-state index contributed by atoms with van der Waals surface area (Å²) in [6.07, 6.45) is 0.986. The van der Waals surface area contributed by atoms with Gasteiger partial charge in [-0.25, -0.2) is 4.39 Å². The average Bonchev–Trinajstić information content (AvgIpc) is 2.05. The van der Waals surface area contributed by atoms with Gasteiger partial charge in [0, 0.05) is 12.2 Å². The van der Waals surface area contributed by atoms with Gasteiger partial charge in [-0.05, 0) is 30.4 Å². The van der Waals surface area contributed by atoms with E-state index in [4.69, 9.17) is 0 Å². The van der Waals surface area contributed by atoms with Crippen molar-refractivity contribution in [3.63, 3.8) is 0 Å². The van der Waals surface area contributed by atoms with Gasteiger partial charge in [-0.2, -0.15) is 12.6 Å². The lowest BCUT2D eigenvalue weighted by Gasteiger charge is -2.03. The Kier molecular flexibility index (Phi) is 3.94. The molecule has 0 aliphatic rings. The number of hydrogen-bond acceptors (Lipinski definition) is 2. The third-order valence-electron chi connectivity index (χ3n) is 1.49. The molecular formula is C9H12FNS. The van der Waals surface area contributed by atoms with Crippen molar-refractivity contribution in [1.82, 2.24) is 0 Å². The van der Waals surface area contributed by atoms with E-state index in [0.29, 0.717) is 0 Å². The first-order chi connectivity index (χ1) is 5.83. The Morgan fingerprint density at radius 2 is 2.25 bits per heavy atom. The number of rotatable bonds is 4. The lowest BCUT2D eigenvalue weighted by molar-refractivity contribution is 0.628. The molecule has 12 heavy (non-hydrogen) atoms. The highest BCUT2D eigenvalue weighted by Gasteiger charge is 1.92. The molecule has 0 aliphatic heterocycles. The topological polar surface area (TPSA) is 12.0 Å². The molecule has 66 valence electrons. The van der Waals surface area contributed by atoms with Gasteiger partial charge in [-0.15, -0.1) is 0 Å². The maximum absolute atomic E-state index is 12.6. The highest BCUT2D eigenvalue weighted by molar-refractivity contribution is 7.80. The van der Waals surface area contributed by atoms with Crippen molar-refractivity contribution >= 4 is 18.3 Å². The summed E-state index contributed by atoms with van der Waals surface area (Å²) in [6.45, 7) is 0.840. The molecule has 1 rings (SSSR count). The maximum atomic E-state index is 12.6. The predicted molar refractivity (Wildman–Crippen MR) is 53.4 cm³/mol. The van der Waals surface area contributed by atoms with E-state index in [1.165, 1.54) is 12.1 Å². The second kappa shape index (κ2) is 5.04. The molecule has 0 fully saturated rings. The largest absolute Gasteiger partial charge is 0.385 e. The van der Waals surface area contributed by atoms with Crippen LogP contribution in [0, 0.1) is 5.82 Å². The van der Waals surface area contributed by atoms with Crippen LogP contribution in [0.1, 0.15) is 6.42 Å². The van der Waals surface area contributed by atoms with Gasteiger partial charge < -0.3 is 5.32 Å². The number of anilines is 1. The maximum Gasteiger partial charge on any atom is 0.125 e. The smallest absolute Gasteiger partial charge is 0.125 e. The Morgan fingerprint density at radius 3 is 2.92 bits per heavy atom. The molecule has 0 aromatic heterocycles. The van der Waals surface area contributed by atoms with Gasteiger partial charge in [0.25, 0.3) is 0 Å². The van der Waals surface area contributed by atoms with Crippen LogP contribution < -0.4 is 5.32 Å². The molecule has 0 saturated carbocycles. The molecule has 0 spiro atoms. The van der Waals surface area contributed by atoms with Gasteiger partial charge in [-0.1, -0.05) is 6.07 Å². The van der Waals surface area contributed by atoms with Crippen LogP contribution in [0.4, 0.5) is 10.1 Å². The zero-order chi connectivity index (χ0) is 8.81. The van der Waals surface area contributed by atoms with E-state index >= 15 is 0 Å². The molecule has 0 radical (unpaired) electrons. The summed E-state index contributed by atoms with van der Waals surface area (Å²) in [7, 11) is 0. The second-order valence-corrected chi connectivity index (χ2v) is 2.96. The summed E-state index contributed by atoms with van der Waals surface area (Å²) in [4.78, 5) is 0. The molecule has 1 aromatic carbocycles. The van der Waals surface area contributed by atoms with Crippen LogP contribution >= 0.6 is 12.6 Å². The molecule has 1 N–H and O–H groups in total. The zero-order valence-corrected chi connectivity index (χ0v) is 7.65. The lowest BCUT2D eigenvalue weighted by Crippen LogP contribution is -2.01. The van der Waals surface area contributed by atoms with Crippen LogP contribution in [0.25, 0.3) is 0 Å². The Bertz CT molecular complexity index is 240. The Hall–Kier alpha value is -0.700. The third-order valence-corrected chi connectivity index (χ3v) is 1.80. The molecule has 1 aromatic rings. The van der Waals surface area contributed by atoms with Crippen molar-refractivity contribution in [1.29, 1.82) is 0 Å². The average molecular weight is 185 g/mol. The minimum absolute atomic E-state index is 0.203. The number of halogens is 1. The number of nitrogens with one attached hydrogen (secondary N) is 1. The Labute approximate surface area is 77.4 Å². The van der Waals surface area contributed by atoms with Crippen LogP contribution in [0.2, 0.25) is 0 Å². The quantitative estimate of drug-likeness (QED) is 0.542. The minimum Gasteiger partial charge on any atom is -0.385 e. The fourth-order valence-electron chi connectivity index (χ4n) is 0.910. The first-order valence-electron chi connectivity index (χ1n) is 3.93. The van der Waals surface area contributed by atoms with E-state index in [1.54, 1.807) is 6.07 Å². The molecule has 0 atom stereocenters. The van der Waals surface area contributed by atoms with Crippen LogP contribution in [0.15, 0.2) is 24.3 Å². The predicted octanol–water partition coefficient (Wildman–Crippen LogP) is 2.56. The normalized spacial score (nSPS) is 9.83. The van der Waals surface area contributed by atoms with E-state index in [2.05, 4.69) is 17.9 Å². The van der Waals surface area contributed by atoms with Crippen LogP contribution in [0.5, 0.6) is 0 Å². The summed E-state index contributed by atoms with van der Waals surface area (Å²) in [5, 5.41) is 3.10. The van der Waals surface area contributed by atoms with Crippen LogP contribution in [-0.2, 0) is 0 Å². The van der Waals surface area contributed by atoms with E-state index in [1.807, 2.05) is 6.07 Å². The van der Waals surface area contributed by atoms with Crippen LogP contribution in [-0.4, -0.2) is 12.3 Å². The van der Waals surface area contributed by atoms with Crippen LogP contribution in [0.3, 0.4) is 0 Å². The van der Waals surface area contributed by atoms with Crippen molar-refractivity contribution in [3.05, 3.63) is 30.1 Å². The standard InChI is InChI=1S/C9H12FNS/c10-8-3-1-4-9(7-8)11-5-2-6-12/h1,3-4,7,11-12H,2,5-6H2. The van der Waals surface area contributed by atoms with E-state index < -0.39 is 0 Å². The Balaban J connectivity index is 2.41. The third kappa shape index (κ3) is 3.13. The SMILES string of the molecule is Fc1cccc(NCCCS)c1. The highest BCUT2D eigenvalue weighted by atomic mass is 32.1. The summed E-state index contributed by atoms with van der Waals surface area (Å²) in [6, 6.07) is 6.46. The molecule has 0 aliphatic carbocycles. The monoisotopic (exact) mass is 185 g/mol. The van der Waals surface area contributed by atoms with E-state index in [9.17, 15) is 4.39 Å². The number of hydrogen-bond donors (Lipinski definition) is 2. The van der Waals surface area contributed by atoms with Crippen molar-refractivity contribution in [2.24, 2.45) is 0 Å². The molecule has 1 nitrogen and oxygen atoms in total. The molecular weight excluding hydrogens is 173 g/mol. The molecule has 0 bridgehead atoms. The summed E-state index contributed by atoms with van der Waals surface area (Å²) < 4.78 is 12.6. The summed E-state index contributed by atoms with van der Waals surface area (Å²) in [5.41, 5.74) is 0.830. The van der Waals surface area contributed by atoms with Crippen molar-refractivity contribution in [2.45, 2.75) is 6.42 Å². The fourth-order valence-corrected chi connectivity index (χ4v) is 1.07. The fraction of sp³-hybridized carbons (Fsp3) is 0.333. The minimum atomic E-state index is -0.203. The number of thiol groups is 1. The first-order valence-corrected chi connectivity index (χ1v) is 4.56. The summed E-state index contributed by atoms with van der Waals surface area (Å²) in [5.74, 6) is 0.647. The zero-order valence-electron chi connectivity index (χ0n) is 6.76. The molecule has 0 unspecified atom stereocenters. The van der Waals surface area contributed by atoms with Gasteiger partial charge in [0.1, 0.15) is 5.82 Å². The molecule has 3 heteroatoms. The molecule has 0 heterocycles. The summed E-state index contributed by atoms with van der Waals surface area (Å²) >= 11 is 4.07. The second-order valence-electron chi connectivity index (χ2n) is 2.51. The van der Waals surface area contributed by atoms with Gasteiger partial charge >= 0.3 is 0 Å². The van der Waals surface area contributed by atoms with Crippen molar-refractivity contribution in [3.8, 4) is 0 Å².